The molecular formula is C26H23F2N5O. The average Bonchev–Trinajstić information content (AvgIpc) is 2.85. The third-order valence-electron chi connectivity index (χ3n) is 5.25. The van der Waals surface area contributed by atoms with Crippen molar-refractivity contribution in [1.29, 1.82) is 0 Å². The predicted molar refractivity (Wildman–Crippen MR) is 127 cm³/mol. The molecule has 0 bridgehead atoms. The van der Waals surface area contributed by atoms with E-state index in [1.54, 1.807) is 18.5 Å². The van der Waals surface area contributed by atoms with E-state index in [-0.39, 0.29) is 12.4 Å². The minimum absolute atomic E-state index is 0.216. The summed E-state index contributed by atoms with van der Waals surface area (Å²) in [6.07, 6.45) is 6.28. The normalized spacial score (nSPS) is 10.7. The van der Waals surface area contributed by atoms with Crippen molar-refractivity contribution in [1.82, 2.24) is 15.0 Å². The molecule has 2 aromatic carbocycles. The maximum atomic E-state index is 13.8. The van der Waals surface area contributed by atoms with Crippen LogP contribution in [-0.2, 0) is 17.8 Å². The molecule has 0 saturated carbocycles. The molecule has 0 fully saturated rings. The number of pyridine rings is 1. The van der Waals surface area contributed by atoms with Gasteiger partial charge < -0.3 is 10.2 Å². The highest BCUT2D eigenvalue weighted by atomic mass is 19.2. The molecule has 0 spiro atoms. The summed E-state index contributed by atoms with van der Waals surface area (Å²) in [5.74, 6) is -1.29. The minimum atomic E-state index is -0.981. The second-order valence-corrected chi connectivity index (χ2v) is 7.82. The Bertz CT molecular complexity index is 1280. The van der Waals surface area contributed by atoms with Crippen LogP contribution in [0.3, 0.4) is 0 Å². The maximum Gasteiger partial charge on any atom is 0.214 e. The highest BCUT2D eigenvalue weighted by molar-refractivity contribution is 5.82. The zero-order valence-corrected chi connectivity index (χ0v) is 18.6. The first-order valence-corrected chi connectivity index (χ1v) is 10.8. The van der Waals surface area contributed by atoms with Crippen LogP contribution in [0.4, 0.5) is 20.3 Å². The fourth-order valence-electron chi connectivity index (χ4n) is 3.55. The van der Waals surface area contributed by atoms with Crippen LogP contribution in [0.5, 0.6) is 0 Å². The Balaban J connectivity index is 1.64. The van der Waals surface area contributed by atoms with E-state index in [0.717, 1.165) is 29.7 Å². The lowest BCUT2D eigenvalue weighted by atomic mass is 10.1. The molecule has 0 saturated heterocycles. The van der Waals surface area contributed by atoms with E-state index in [0.29, 0.717) is 30.0 Å². The Morgan fingerprint density at radius 2 is 1.85 bits per heavy atom. The number of halogens is 2. The van der Waals surface area contributed by atoms with Crippen LogP contribution >= 0.6 is 0 Å². The summed E-state index contributed by atoms with van der Waals surface area (Å²) in [6, 6.07) is 15.3. The van der Waals surface area contributed by atoms with E-state index in [1.807, 2.05) is 31.2 Å². The second-order valence-electron chi connectivity index (χ2n) is 7.82. The number of carbonyl (C=O) groups excluding carboxylic acids is 1. The van der Waals surface area contributed by atoms with Crippen LogP contribution in [0.1, 0.15) is 16.7 Å². The van der Waals surface area contributed by atoms with Crippen molar-refractivity contribution in [3.05, 3.63) is 102 Å². The summed E-state index contributed by atoms with van der Waals surface area (Å²) in [6.45, 7) is 2.86. The number of benzene rings is 2. The number of hydrogen-bond acceptors (Lipinski definition) is 5. The SMILES string of the molecule is Cc1cccc(CCNc2nc(-c3ccc(F)c(F)c3)ncc2N(C=O)Cc2cccnc2)c1. The fraction of sp³-hybridized carbons (Fsp3) is 0.154. The van der Waals surface area contributed by atoms with Gasteiger partial charge in [-0.3, -0.25) is 9.78 Å². The first-order chi connectivity index (χ1) is 16.5. The Morgan fingerprint density at radius 3 is 2.59 bits per heavy atom. The van der Waals surface area contributed by atoms with Crippen LogP contribution in [-0.4, -0.2) is 27.9 Å². The highest BCUT2D eigenvalue weighted by Gasteiger charge is 2.16. The molecule has 2 aromatic heterocycles. The van der Waals surface area contributed by atoms with Gasteiger partial charge in [0, 0.05) is 24.5 Å². The third kappa shape index (κ3) is 5.58. The molecule has 4 rings (SSSR count). The molecule has 1 N–H and O–H groups in total. The van der Waals surface area contributed by atoms with Crippen molar-refractivity contribution < 1.29 is 13.6 Å². The van der Waals surface area contributed by atoms with E-state index in [1.165, 1.54) is 22.7 Å². The molecule has 34 heavy (non-hydrogen) atoms. The summed E-state index contributed by atoms with van der Waals surface area (Å²) in [4.78, 5) is 26.4. The van der Waals surface area contributed by atoms with Gasteiger partial charge in [0.1, 0.15) is 5.69 Å². The smallest absolute Gasteiger partial charge is 0.214 e. The predicted octanol–water partition coefficient (Wildman–Crippen LogP) is 4.94. The molecule has 1 amide bonds. The lowest BCUT2D eigenvalue weighted by molar-refractivity contribution is -0.107. The molecule has 0 aliphatic heterocycles. The molecular weight excluding hydrogens is 436 g/mol. The summed E-state index contributed by atoms with van der Waals surface area (Å²) in [5.41, 5.74) is 3.97. The van der Waals surface area contributed by atoms with Crippen molar-refractivity contribution >= 4 is 17.9 Å². The molecule has 0 unspecified atom stereocenters. The second kappa shape index (κ2) is 10.6. The molecule has 2 heterocycles. The Morgan fingerprint density at radius 1 is 1.00 bits per heavy atom. The molecule has 172 valence electrons. The van der Waals surface area contributed by atoms with Crippen molar-refractivity contribution in [2.75, 3.05) is 16.8 Å². The molecule has 4 aromatic rings. The van der Waals surface area contributed by atoms with Crippen LogP contribution in [0, 0.1) is 18.6 Å². The standard InChI is InChI=1S/C26H23F2N5O/c1-18-4-2-5-19(12-18)9-11-30-26-24(33(17-34)16-20-6-3-10-29-14-20)15-31-25(32-26)21-7-8-22(27)23(28)13-21/h2-8,10,12-15,17H,9,11,16H2,1H3,(H,30,31,32). The topological polar surface area (TPSA) is 71.0 Å². The van der Waals surface area contributed by atoms with Gasteiger partial charge in [-0.1, -0.05) is 35.9 Å². The number of rotatable bonds is 9. The van der Waals surface area contributed by atoms with Crippen molar-refractivity contribution in [3.8, 4) is 11.4 Å². The first kappa shape index (κ1) is 23.0. The first-order valence-electron chi connectivity index (χ1n) is 10.8. The Kier molecular flexibility index (Phi) is 7.17. The van der Waals surface area contributed by atoms with Gasteiger partial charge >= 0.3 is 0 Å². The number of aromatic nitrogens is 3. The zero-order valence-electron chi connectivity index (χ0n) is 18.6. The van der Waals surface area contributed by atoms with E-state index >= 15 is 0 Å². The number of nitrogens with one attached hydrogen (secondary N) is 1. The third-order valence-corrected chi connectivity index (χ3v) is 5.25. The van der Waals surface area contributed by atoms with Gasteiger partial charge in [0.2, 0.25) is 6.41 Å². The molecule has 8 heteroatoms. The number of amides is 1. The maximum absolute atomic E-state index is 13.8. The highest BCUT2D eigenvalue weighted by Crippen LogP contribution is 2.27. The summed E-state index contributed by atoms with van der Waals surface area (Å²) in [7, 11) is 0. The molecule has 0 atom stereocenters. The quantitative estimate of drug-likeness (QED) is 0.359. The van der Waals surface area contributed by atoms with Gasteiger partial charge in [-0.25, -0.2) is 18.7 Å². The van der Waals surface area contributed by atoms with Gasteiger partial charge in [-0.2, -0.15) is 0 Å². The molecule has 6 nitrogen and oxygen atoms in total. The lowest BCUT2D eigenvalue weighted by Gasteiger charge is -2.21. The lowest BCUT2D eigenvalue weighted by Crippen LogP contribution is -2.23. The van der Waals surface area contributed by atoms with E-state index < -0.39 is 11.6 Å². The fourth-order valence-corrected chi connectivity index (χ4v) is 3.55. The van der Waals surface area contributed by atoms with Crippen LogP contribution < -0.4 is 10.2 Å². The van der Waals surface area contributed by atoms with Gasteiger partial charge in [0.05, 0.1) is 12.7 Å². The number of carbonyl (C=O) groups is 1. The summed E-state index contributed by atoms with van der Waals surface area (Å²) >= 11 is 0. The average molecular weight is 460 g/mol. The van der Waals surface area contributed by atoms with Gasteiger partial charge in [-0.05, 0) is 48.7 Å². The van der Waals surface area contributed by atoms with Crippen LogP contribution in [0.25, 0.3) is 11.4 Å². The van der Waals surface area contributed by atoms with Gasteiger partial charge in [0.25, 0.3) is 0 Å². The number of hydrogen-bond donors (Lipinski definition) is 1. The zero-order chi connectivity index (χ0) is 23.9. The number of aryl methyl sites for hydroxylation is 1. The molecule has 0 radical (unpaired) electrons. The summed E-state index contributed by atoms with van der Waals surface area (Å²) in [5, 5.41) is 3.28. The van der Waals surface area contributed by atoms with E-state index in [4.69, 9.17) is 0 Å². The van der Waals surface area contributed by atoms with Crippen molar-refractivity contribution in [2.45, 2.75) is 19.9 Å². The van der Waals surface area contributed by atoms with E-state index in [9.17, 15) is 13.6 Å². The molecule has 0 aliphatic rings. The Labute approximate surface area is 196 Å². The van der Waals surface area contributed by atoms with Gasteiger partial charge in [-0.15, -0.1) is 0 Å². The number of nitrogens with zero attached hydrogens (tertiary/aromatic N) is 4. The van der Waals surface area contributed by atoms with E-state index in [2.05, 4.69) is 26.3 Å². The molecule has 0 aliphatic carbocycles. The number of anilines is 2. The van der Waals surface area contributed by atoms with Crippen molar-refractivity contribution in [2.24, 2.45) is 0 Å². The minimum Gasteiger partial charge on any atom is -0.368 e. The van der Waals surface area contributed by atoms with Crippen molar-refractivity contribution in [3.63, 3.8) is 0 Å². The van der Waals surface area contributed by atoms with Crippen LogP contribution in [0.2, 0.25) is 0 Å². The Hall–Kier alpha value is -4.20. The van der Waals surface area contributed by atoms with Gasteiger partial charge in [0.15, 0.2) is 23.3 Å². The van der Waals surface area contributed by atoms with Crippen LogP contribution in [0.15, 0.2) is 73.2 Å². The largest absolute Gasteiger partial charge is 0.368 e. The monoisotopic (exact) mass is 459 g/mol. The summed E-state index contributed by atoms with van der Waals surface area (Å²) < 4.78 is 27.2.